The fourth-order valence-electron chi connectivity index (χ4n) is 4.20. The van der Waals surface area contributed by atoms with Gasteiger partial charge in [0.15, 0.2) is 0 Å². The maximum absolute atomic E-state index is 14.0. The molecule has 3 rings (SSSR count). The molecular weight excluding hydrogens is 514 g/mol. The standard InChI is InChI=1S/C30H37N3O5S/c1-4-5-20-31-30(35)28(21-24-12-8-6-9-13-24)32(22-25-14-10-7-11-15-25)29(34)23-33(39(3,36)37)26-16-18-27(38-2)19-17-26/h6-19,28H,4-5,20-23H2,1-3H3,(H,31,35)/t28-/m0/s1. The second kappa shape index (κ2) is 14.3. The van der Waals surface area contributed by atoms with Crippen LogP contribution in [-0.4, -0.2) is 57.6 Å². The predicted octanol–water partition coefficient (Wildman–Crippen LogP) is 4.02. The molecule has 0 heterocycles. The van der Waals surface area contributed by atoms with Gasteiger partial charge < -0.3 is 15.0 Å². The molecule has 208 valence electrons. The number of anilines is 1. The van der Waals surface area contributed by atoms with Crippen molar-refractivity contribution in [1.82, 2.24) is 10.2 Å². The highest BCUT2D eigenvalue weighted by Crippen LogP contribution is 2.23. The molecule has 0 aliphatic carbocycles. The summed E-state index contributed by atoms with van der Waals surface area (Å²) in [5.74, 6) is -0.186. The van der Waals surface area contributed by atoms with Gasteiger partial charge in [0.05, 0.1) is 19.1 Å². The van der Waals surface area contributed by atoms with E-state index >= 15 is 0 Å². The van der Waals surface area contributed by atoms with Gasteiger partial charge in [-0.2, -0.15) is 0 Å². The number of carbonyl (C=O) groups is 2. The van der Waals surface area contributed by atoms with Crippen molar-refractivity contribution in [2.75, 3.05) is 30.8 Å². The maximum Gasteiger partial charge on any atom is 0.244 e. The van der Waals surface area contributed by atoms with Crippen LogP contribution in [-0.2, 0) is 32.6 Å². The molecule has 0 saturated carbocycles. The normalized spacial score (nSPS) is 11.9. The van der Waals surface area contributed by atoms with Gasteiger partial charge in [-0.1, -0.05) is 74.0 Å². The van der Waals surface area contributed by atoms with Gasteiger partial charge in [0.25, 0.3) is 0 Å². The highest BCUT2D eigenvalue weighted by molar-refractivity contribution is 7.92. The molecule has 1 atom stereocenters. The third kappa shape index (κ3) is 8.85. The first-order valence-electron chi connectivity index (χ1n) is 13.0. The minimum absolute atomic E-state index is 0.151. The van der Waals surface area contributed by atoms with Crippen LogP contribution < -0.4 is 14.4 Å². The quantitative estimate of drug-likeness (QED) is 0.306. The van der Waals surface area contributed by atoms with Crippen molar-refractivity contribution in [1.29, 1.82) is 0 Å². The highest BCUT2D eigenvalue weighted by Gasteiger charge is 2.32. The summed E-state index contributed by atoms with van der Waals surface area (Å²) in [6.07, 6.45) is 3.08. The first-order chi connectivity index (χ1) is 18.7. The third-order valence-corrected chi connectivity index (χ3v) is 7.48. The van der Waals surface area contributed by atoms with Gasteiger partial charge in [0.2, 0.25) is 21.8 Å². The molecule has 2 amide bonds. The molecule has 3 aromatic carbocycles. The molecule has 0 saturated heterocycles. The molecular formula is C30H37N3O5S. The Morgan fingerprint density at radius 3 is 2.03 bits per heavy atom. The van der Waals surface area contributed by atoms with E-state index in [2.05, 4.69) is 5.32 Å². The van der Waals surface area contributed by atoms with Gasteiger partial charge in [-0.15, -0.1) is 0 Å². The van der Waals surface area contributed by atoms with E-state index in [1.165, 1.54) is 12.0 Å². The van der Waals surface area contributed by atoms with E-state index in [4.69, 9.17) is 4.74 Å². The molecule has 3 aromatic rings. The van der Waals surface area contributed by atoms with Crippen LogP contribution in [0.2, 0.25) is 0 Å². The third-order valence-electron chi connectivity index (χ3n) is 6.34. The lowest BCUT2D eigenvalue weighted by molar-refractivity contribution is -0.140. The van der Waals surface area contributed by atoms with Gasteiger partial charge in [-0.3, -0.25) is 13.9 Å². The number of methoxy groups -OCH3 is 1. The first kappa shape index (κ1) is 29.7. The van der Waals surface area contributed by atoms with Crippen molar-refractivity contribution < 1.29 is 22.7 Å². The Hall–Kier alpha value is -3.85. The van der Waals surface area contributed by atoms with Crippen LogP contribution >= 0.6 is 0 Å². The maximum atomic E-state index is 14.0. The summed E-state index contributed by atoms with van der Waals surface area (Å²) < 4.78 is 31.9. The number of unbranched alkanes of at least 4 members (excludes halogenated alkanes) is 1. The van der Waals surface area contributed by atoms with E-state index in [0.29, 0.717) is 24.4 Å². The van der Waals surface area contributed by atoms with Crippen molar-refractivity contribution in [3.05, 3.63) is 96.1 Å². The zero-order valence-electron chi connectivity index (χ0n) is 22.7. The lowest BCUT2D eigenvalue weighted by Gasteiger charge is -2.33. The van der Waals surface area contributed by atoms with E-state index in [9.17, 15) is 18.0 Å². The second-order valence-corrected chi connectivity index (χ2v) is 11.2. The van der Waals surface area contributed by atoms with Crippen LogP contribution in [0, 0.1) is 0 Å². The molecule has 0 radical (unpaired) electrons. The first-order valence-corrected chi connectivity index (χ1v) is 14.8. The summed E-state index contributed by atoms with van der Waals surface area (Å²) in [5, 5.41) is 2.97. The molecule has 9 heteroatoms. The van der Waals surface area contributed by atoms with Gasteiger partial charge >= 0.3 is 0 Å². The summed E-state index contributed by atoms with van der Waals surface area (Å²) in [4.78, 5) is 29.0. The van der Waals surface area contributed by atoms with Gasteiger partial charge in [0, 0.05) is 19.5 Å². The van der Waals surface area contributed by atoms with Gasteiger partial charge in [-0.05, 0) is 41.8 Å². The molecule has 0 fully saturated rings. The number of ether oxygens (including phenoxy) is 1. The van der Waals surface area contributed by atoms with Crippen LogP contribution in [0.1, 0.15) is 30.9 Å². The lowest BCUT2D eigenvalue weighted by Crippen LogP contribution is -2.53. The Morgan fingerprint density at radius 2 is 1.49 bits per heavy atom. The zero-order chi connectivity index (χ0) is 28.3. The number of hydrogen-bond donors (Lipinski definition) is 1. The number of nitrogens with one attached hydrogen (secondary N) is 1. The molecule has 8 nitrogen and oxygen atoms in total. The van der Waals surface area contributed by atoms with E-state index in [1.807, 2.05) is 67.6 Å². The Morgan fingerprint density at radius 1 is 0.897 bits per heavy atom. The monoisotopic (exact) mass is 551 g/mol. The van der Waals surface area contributed by atoms with Crippen molar-refractivity contribution in [3.63, 3.8) is 0 Å². The van der Waals surface area contributed by atoms with Crippen LogP contribution in [0.4, 0.5) is 5.69 Å². The Balaban J connectivity index is 2.00. The lowest BCUT2D eigenvalue weighted by atomic mass is 10.0. The van der Waals surface area contributed by atoms with Crippen LogP contribution in [0.5, 0.6) is 5.75 Å². The number of carbonyl (C=O) groups excluding carboxylic acids is 2. The highest BCUT2D eigenvalue weighted by atomic mass is 32.2. The average Bonchev–Trinajstić information content (AvgIpc) is 2.94. The average molecular weight is 552 g/mol. The summed E-state index contributed by atoms with van der Waals surface area (Å²) in [7, 11) is -2.30. The van der Waals surface area contributed by atoms with Crippen LogP contribution in [0.15, 0.2) is 84.9 Å². The molecule has 0 aliphatic heterocycles. The van der Waals surface area contributed by atoms with Crippen LogP contribution in [0.3, 0.4) is 0 Å². The summed E-state index contributed by atoms with van der Waals surface area (Å²) in [5.41, 5.74) is 2.06. The Kier molecular flexibility index (Phi) is 10.9. The number of hydrogen-bond acceptors (Lipinski definition) is 5. The van der Waals surface area contributed by atoms with Crippen molar-refractivity contribution in [2.45, 2.75) is 38.8 Å². The SMILES string of the molecule is CCCCNC(=O)[C@H](Cc1ccccc1)N(Cc1ccccc1)C(=O)CN(c1ccc(OC)cc1)S(C)(=O)=O. The van der Waals surface area contributed by atoms with Crippen molar-refractivity contribution >= 4 is 27.5 Å². The summed E-state index contributed by atoms with van der Waals surface area (Å²) >= 11 is 0. The molecule has 0 aliphatic rings. The summed E-state index contributed by atoms with van der Waals surface area (Å²) in [6.45, 7) is 2.23. The van der Waals surface area contributed by atoms with E-state index in [-0.39, 0.29) is 12.5 Å². The minimum atomic E-state index is -3.82. The fraction of sp³-hybridized carbons (Fsp3) is 0.333. The predicted molar refractivity (Wildman–Crippen MR) is 154 cm³/mol. The smallest absolute Gasteiger partial charge is 0.244 e. The van der Waals surface area contributed by atoms with Crippen LogP contribution in [0.25, 0.3) is 0 Å². The van der Waals surface area contributed by atoms with Crippen molar-refractivity contribution in [3.8, 4) is 5.75 Å². The fourth-order valence-corrected chi connectivity index (χ4v) is 5.05. The molecule has 1 N–H and O–H groups in total. The molecule has 39 heavy (non-hydrogen) atoms. The zero-order valence-corrected chi connectivity index (χ0v) is 23.6. The number of nitrogens with zero attached hydrogens (tertiary/aromatic N) is 2. The molecule has 0 bridgehead atoms. The number of rotatable bonds is 14. The van der Waals surface area contributed by atoms with Crippen molar-refractivity contribution in [2.24, 2.45) is 0 Å². The minimum Gasteiger partial charge on any atom is -0.497 e. The molecule has 0 aromatic heterocycles. The summed E-state index contributed by atoms with van der Waals surface area (Å²) in [6, 6.07) is 24.5. The van der Waals surface area contributed by atoms with Gasteiger partial charge in [-0.25, -0.2) is 8.42 Å². The molecule has 0 unspecified atom stereocenters. The molecule has 0 spiro atoms. The number of benzene rings is 3. The Labute approximate surface area is 231 Å². The van der Waals surface area contributed by atoms with E-state index in [0.717, 1.165) is 34.5 Å². The number of sulfonamides is 1. The number of amides is 2. The largest absolute Gasteiger partial charge is 0.497 e. The van der Waals surface area contributed by atoms with E-state index in [1.54, 1.807) is 24.3 Å². The topological polar surface area (TPSA) is 96.0 Å². The Bertz CT molecular complexity index is 1300. The van der Waals surface area contributed by atoms with Gasteiger partial charge in [0.1, 0.15) is 18.3 Å². The second-order valence-electron chi connectivity index (χ2n) is 9.32. The van der Waals surface area contributed by atoms with E-state index < -0.39 is 28.5 Å².